The van der Waals surface area contributed by atoms with Crippen LogP contribution in [0.2, 0.25) is 10.0 Å². The van der Waals surface area contributed by atoms with E-state index in [1.807, 2.05) is 0 Å². The van der Waals surface area contributed by atoms with Crippen molar-refractivity contribution in [2.45, 2.75) is 16.1 Å². The summed E-state index contributed by atoms with van der Waals surface area (Å²) in [5.74, 6) is -3.05. The molecule has 1 saturated heterocycles. The number of Topliss-reactive ketones (excluding diaryl/α,β-unsaturated/α-hetero) is 1. The first-order valence-electron chi connectivity index (χ1n) is 10.7. The van der Waals surface area contributed by atoms with E-state index in [2.05, 4.69) is 31.9 Å². The summed E-state index contributed by atoms with van der Waals surface area (Å²) in [5, 5.41) is 2.27. The van der Waals surface area contributed by atoms with Crippen LogP contribution < -0.4 is 0 Å². The van der Waals surface area contributed by atoms with Crippen molar-refractivity contribution in [2.24, 2.45) is 23.7 Å². The molecule has 0 unspecified atom stereocenters. The molecule has 2 aromatic carbocycles. The third-order valence-corrected chi connectivity index (χ3v) is 10.9. The third kappa shape index (κ3) is 3.74. The van der Waals surface area contributed by atoms with Gasteiger partial charge in [0.05, 0.1) is 21.9 Å². The molecule has 34 heavy (non-hydrogen) atoms. The van der Waals surface area contributed by atoms with E-state index in [0.29, 0.717) is 5.56 Å². The molecule has 2 aliphatic carbocycles. The Kier molecular flexibility index (Phi) is 6.38. The monoisotopic (exact) mass is 626 g/mol. The number of hydrogen-bond acceptors (Lipinski definition) is 4. The molecule has 0 radical (unpaired) electrons. The van der Waals surface area contributed by atoms with Crippen LogP contribution in [0.1, 0.15) is 27.1 Å². The lowest BCUT2D eigenvalue weighted by atomic mass is 9.81. The molecule has 10 heteroatoms. The summed E-state index contributed by atoms with van der Waals surface area (Å²) in [7, 11) is 0. The topological polar surface area (TPSA) is 74.8 Å². The number of carbonyl (C=O) groups is 4. The van der Waals surface area contributed by atoms with E-state index in [9.17, 15) is 19.2 Å². The smallest absolute Gasteiger partial charge is 0.273 e. The fraction of sp³-hybridized carbons (Fsp3) is 0.333. The number of benzene rings is 2. The highest BCUT2D eigenvalue weighted by Crippen LogP contribution is 2.60. The van der Waals surface area contributed by atoms with Gasteiger partial charge in [0.25, 0.3) is 17.7 Å². The highest BCUT2D eigenvalue weighted by Gasteiger charge is 2.67. The largest absolute Gasteiger partial charge is 0.292 e. The van der Waals surface area contributed by atoms with E-state index in [0.717, 1.165) is 16.4 Å². The summed E-state index contributed by atoms with van der Waals surface area (Å²) < 4.78 is 0. The first kappa shape index (κ1) is 24.0. The van der Waals surface area contributed by atoms with Crippen molar-refractivity contribution < 1.29 is 19.2 Å². The van der Waals surface area contributed by atoms with Crippen LogP contribution in [-0.4, -0.2) is 49.7 Å². The van der Waals surface area contributed by atoms with Gasteiger partial charge in [-0.2, -0.15) is 5.01 Å². The average molecular weight is 629 g/mol. The molecule has 1 aliphatic heterocycles. The van der Waals surface area contributed by atoms with Gasteiger partial charge in [0.1, 0.15) is 6.54 Å². The molecule has 3 amide bonds. The van der Waals surface area contributed by atoms with Gasteiger partial charge in [-0.3, -0.25) is 19.2 Å². The molecule has 3 aliphatic rings. The molecular weight excluding hydrogens is 611 g/mol. The Balaban J connectivity index is 1.52. The number of fused-ring (bicyclic) bond motifs is 5. The summed E-state index contributed by atoms with van der Waals surface area (Å²) >= 11 is 19.4. The van der Waals surface area contributed by atoms with Crippen molar-refractivity contribution in [1.29, 1.82) is 0 Å². The summed E-state index contributed by atoms with van der Waals surface area (Å²) in [4.78, 5) is 53.9. The average Bonchev–Trinajstić information content (AvgIpc) is 3.44. The van der Waals surface area contributed by atoms with Crippen molar-refractivity contribution in [2.75, 3.05) is 6.54 Å². The second-order valence-electron chi connectivity index (χ2n) is 8.77. The summed E-state index contributed by atoms with van der Waals surface area (Å²) in [6.07, 6.45) is 0.760. The first-order chi connectivity index (χ1) is 16.2. The standard InChI is InChI=1S/C24H18Br2Cl2N2O4/c25-20-13-9-14(21(20)26)19-18(13)23(33)30(24(19)34)29(10-17(31)11-4-2-1-3-5-11)22(32)12-6-7-15(27)16(28)8-12/h1-8,13-14,18-21H,9-10H2/t13-,14-,18-,19-,20-,21+/m1/s1. The van der Waals surface area contributed by atoms with E-state index < -0.39 is 41.9 Å². The molecule has 0 N–H and O–H groups in total. The van der Waals surface area contributed by atoms with Crippen molar-refractivity contribution in [3.05, 3.63) is 69.7 Å². The molecule has 6 nitrogen and oxygen atoms in total. The minimum absolute atomic E-state index is 0.0208. The normalized spacial score (nSPS) is 29.5. The fourth-order valence-corrected chi connectivity index (χ4v) is 7.61. The predicted octanol–water partition coefficient (Wildman–Crippen LogP) is 5.01. The molecule has 5 rings (SSSR count). The third-order valence-electron chi connectivity index (χ3n) is 7.00. The van der Waals surface area contributed by atoms with Gasteiger partial charge in [0, 0.05) is 20.8 Å². The molecule has 1 heterocycles. The quantitative estimate of drug-likeness (QED) is 0.265. The zero-order valence-corrected chi connectivity index (χ0v) is 22.2. The number of ketones is 1. The number of imide groups is 1. The second-order valence-corrected chi connectivity index (χ2v) is 11.7. The Hall–Kier alpha value is -1.74. The molecular formula is C24H18Br2Cl2N2O4. The van der Waals surface area contributed by atoms with Crippen LogP contribution in [-0.2, 0) is 9.59 Å². The van der Waals surface area contributed by atoms with E-state index in [1.165, 1.54) is 18.2 Å². The maximum Gasteiger partial charge on any atom is 0.273 e. The molecule has 2 aromatic rings. The fourth-order valence-electron chi connectivity index (χ4n) is 5.43. The van der Waals surface area contributed by atoms with E-state index in [4.69, 9.17) is 23.2 Å². The van der Waals surface area contributed by atoms with Gasteiger partial charge in [0.2, 0.25) is 0 Å². The Morgan fingerprint density at radius 3 is 2.03 bits per heavy atom. The zero-order chi connectivity index (χ0) is 24.3. The molecule has 0 spiro atoms. The predicted molar refractivity (Wildman–Crippen MR) is 134 cm³/mol. The molecule has 6 atom stereocenters. The van der Waals surface area contributed by atoms with Crippen LogP contribution >= 0.6 is 55.1 Å². The van der Waals surface area contributed by atoms with Crippen LogP contribution in [0.4, 0.5) is 0 Å². The Labute approximate surface area is 222 Å². The van der Waals surface area contributed by atoms with Gasteiger partial charge in [-0.15, -0.1) is 0 Å². The van der Waals surface area contributed by atoms with Crippen LogP contribution in [0.15, 0.2) is 48.5 Å². The number of amides is 3. The van der Waals surface area contributed by atoms with Gasteiger partial charge in [-0.05, 0) is 36.5 Å². The lowest BCUT2D eigenvalue weighted by Gasteiger charge is -2.31. The number of alkyl halides is 2. The van der Waals surface area contributed by atoms with Gasteiger partial charge in [-0.25, -0.2) is 5.01 Å². The second kappa shape index (κ2) is 9.04. The van der Waals surface area contributed by atoms with Crippen molar-refractivity contribution in [3.63, 3.8) is 0 Å². The number of hydrogen-bond donors (Lipinski definition) is 0. The van der Waals surface area contributed by atoms with Gasteiger partial charge >= 0.3 is 0 Å². The summed E-state index contributed by atoms with van der Waals surface area (Å²) in [6, 6.07) is 12.7. The van der Waals surface area contributed by atoms with Gasteiger partial charge in [-0.1, -0.05) is 85.4 Å². The maximum atomic E-state index is 13.6. The van der Waals surface area contributed by atoms with Crippen molar-refractivity contribution in [1.82, 2.24) is 10.0 Å². The SMILES string of the molecule is O=C(CN(C(=O)c1ccc(Cl)c(Cl)c1)N1C(=O)[C@@H]2[C@H]3C[C@@H]([C@@H](Br)[C@H]3Br)[C@H]2C1=O)c1ccccc1. The lowest BCUT2D eigenvalue weighted by Crippen LogP contribution is -2.52. The molecule has 3 fully saturated rings. The van der Waals surface area contributed by atoms with Crippen LogP contribution in [0.5, 0.6) is 0 Å². The number of rotatable bonds is 5. The Bertz CT molecular complexity index is 1180. The van der Waals surface area contributed by atoms with E-state index in [1.54, 1.807) is 30.3 Å². The minimum atomic E-state index is -0.678. The van der Waals surface area contributed by atoms with Crippen molar-refractivity contribution >= 4 is 78.6 Å². The highest BCUT2D eigenvalue weighted by molar-refractivity contribution is 9.12. The van der Waals surface area contributed by atoms with Crippen LogP contribution in [0.25, 0.3) is 0 Å². The van der Waals surface area contributed by atoms with Crippen molar-refractivity contribution in [3.8, 4) is 0 Å². The minimum Gasteiger partial charge on any atom is -0.292 e. The lowest BCUT2D eigenvalue weighted by molar-refractivity contribution is -0.154. The first-order valence-corrected chi connectivity index (χ1v) is 13.3. The van der Waals surface area contributed by atoms with Crippen LogP contribution in [0, 0.1) is 23.7 Å². The van der Waals surface area contributed by atoms with Gasteiger partial charge in [0.15, 0.2) is 5.78 Å². The summed E-state index contributed by atoms with van der Waals surface area (Å²) in [6.45, 7) is -0.467. The number of hydrazine groups is 1. The molecule has 2 bridgehead atoms. The number of nitrogens with zero attached hydrogens (tertiary/aromatic N) is 2. The van der Waals surface area contributed by atoms with E-state index >= 15 is 0 Å². The summed E-state index contributed by atoms with van der Waals surface area (Å²) in [5.41, 5.74) is 0.488. The number of halogens is 4. The molecule has 0 aromatic heterocycles. The van der Waals surface area contributed by atoms with Gasteiger partial charge < -0.3 is 0 Å². The Morgan fingerprint density at radius 1 is 0.882 bits per heavy atom. The zero-order valence-electron chi connectivity index (χ0n) is 17.5. The Morgan fingerprint density at radius 2 is 1.47 bits per heavy atom. The highest BCUT2D eigenvalue weighted by atomic mass is 79.9. The molecule has 2 saturated carbocycles. The number of carbonyl (C=O) groups excluding carboxylic acids is 4. The maximum absolute atomic E-state index is 13.6. The van der Waals surface area contributed by atoms with E-state index in [-0.39, 0.29) is 37.1 Å². The van der Waals surface area contributed by atoms with Crippen LogP contribution in [0.3, 0.4) is 0 Å². The molecule has 176 valence electrons.